The van der Waals surface area contributed by atoms with Crippen LogP contribution in [-0.4, -0.2) is 23.2 Å². The summed E-state index contributed by atoms with van der Waals surface area (Å²) in [6, 6.07) is 14.9. The monoisotopic (exact) mass is 368 g/mol. The molecule has 1 amide bonds. The quantitative estimate of drug-likeness (QED) is 0.642. The molecule has 0 aliphatic heterocycles. The maximum Gasteiger partial charge on any atom is 0.259 e. The van der Waals surface area contributed by atoms with Crippen molar-refractivity contribution in [1.29, 1.82) is 0 Å². The van der Waals surface area contributed by atoms with Gasteiger partial charge in [-0.2, -0.15) is 0 Å². The van der Waals surface area contributed by atoms with Crippen LogP contribution in [0.4, 0.5) is 16.5 Å². The Kier molecular flexibility index (Phi) is 5.80. The molecule has 0 radical (unpaired) electrons. The molecule has 134 valence electrons. The van der Waals surface area contributed by atoms with Gasteiger partial charge in [-0.1, -0.05) is 30.4 Å². The highest BCUT2D eigenvalue weighted by molar-refractivity contribution is 7.15. The molecule has 0 bridgehead atoms. The highest BCUT2D eigenvalue weighted by atomic mass is 32.1. The van der Waals surface area contributed by atoms with Gasteiger partial charge in [0.05, 0.1) is 18.4 Å². The number of hydrogen-bond acceptors (Lipinski definition) is 6. The zero-order chi connectivity index (χ0) is 18.4. The standard InChI is InChI=1S/C19H20N4O2S/c1-3-6-17-22-23-19(26-17)21-18(24)15-7-4-5-8-16(15)20-13-9-11-14(25-2)12-10-13/h4-5,7-12,20H,3,6H2,1-2H3,(H,21,23,24). The second kappa shape index (κ2) is 8.44. The van der Waals surface area contributed by atoms with E-state index in [4.69, 9.17) is 4.74 Å². The molecule has 1 heterocycles. The number of methoxy groups -OCH3 is 1. The number of aryl methyl sites for hydroxylation is 1. The van der Waals surface area contributed by atoms with Gasteiger partial charge < -0.3 is 10.1 Å². The first kappa shape index (κ1) is 17.9. The summed E-state index contributed by atoms with van der Waals surface area (Å²) < 4.78 is 5.16. The van der Waals surface area contributed by atoms with Crippen LogP contribution in [0.25, 0.3) is 0 Å². The lowest BCUT2D eigenvalue weighted by molar-refractivity contribution is 0.102. The van der Waals surface area contributed by atoms with E-state index in [2.05, 4.69) is 27.8 Å². The molecule has 2 aromatic carbocycles. The molecule has 2 N–H and O–H groups in total. The number of hydrogen-bond donors (Lipinski definition) is 2. The molecule has 0 atom stereocenters. The first-order chi connectivity index (χ1) is 12.7. The summed E-state index contributed by atoms with van der Waals surface area (Å²) in [5, 5.41) is 15.7. The second-order valence-electron chi connectivity index (χ2n) is 5.60. The number of aromatic nitrogens is 2. The number of para-hydroxylation sites is 1. The van der Waals surface area contributed by atoms with Crippen molar-refractivity contribution in [3.8, 4) is 5.75 Å². The molecule has 0 saturated carbocycles. The predicted octanol–water partition coefficient (Wildman–Crippen LogP) is 4.50. The lowest BCUT2D eigenvalue weighted by atomic mass is 10.1. The Morgan fingerprint density at radius 3 is 2.62 bits per heavy atom. The van der Waals surface area contributed by atoms with Crippen molar-refractivity contribution in [2.24, 2.45) is 0 Å². The van der Waals surface area contributed by atoms with Crippen molar-refractivity contribution < 1.29 is 9.53 Å². The Morgan fingerprint density at radius 1 is 1.12 bits per heavy atom. The van der Waals surface area contributed by atoms with E-state index >= 15 is 0 Å². The fourth-order valence-electron chi connectivity index (χ4n) is 2.40. The van der Waals surface area contributed by atoms with Gasteiger partial charge in [0, 0.05) is 12.1 Å². The van der Waals surface area contributed by atoms with Crippen molar-refractivity contribution in [2.75, 3.05) is 17.7 Å². The molecule has 26 heavy (non-hydrogen) atoms. The average molecular weight is 368 g/mol. The normalized spacial score (nSPS) is 10.4. The van der Waals surface area contributed by atoms with E-state index in [-0.39, 0.29) is 5.91 Å². The minimum Gasteiger partial charge on any atom is -0.497 e. The van der Waals surface area contributed by atoms with Crippen LogP contribution in [0.15, 0.2) is 48.5 Å². The molecule has 0 fully saturated rings. The van der Waals surface area contributed by atoms with Crippen LogP contribution < -0.4 is 15.4 Å². The van der Waals surface area contributed by atoms with Crippen LogP contribution in [-0.2, 0) is 6.42 Å². The number of carbonyl (C=O) groups excluding carboxylic acids is 1. The number of nitrogens with one attached hydrogen (secondary N) is 2. The van der Waals surface area contributed by atoms with Gasteiger partial charge in [0.2, 0.25) is 5.13 Å². The highest BCUT2D eigenvalue weighted by Gasteiger charge is 2.14. The van der Waals surface area contributed by atoms with E-state index in [0.29, 0.717) is 16.4 Å². The maximum absolute atomic E-state index is 12.7. The van der Waals surface area contributed by atoms with Gasteiger partial charge in [-0.15, -0.1) is 10.2 Å². The highest BCUT2D eigenvalue weighted by Crippen LogP contribution is 2.24. The lowest BCUT2D eigenvalue weighted by Gasteiger charge is -2.11. The topological polar surface area (TPSA) is 76.1 Å². The molecule has 0 aliphatic carbocycles. The summed E-state index contributed by atoms with van der Waals surface area (Å²) in [4.78, 5) is 12.7. The van der Waals surface area contributed by atoms with E-state index in [1.54, 1.807) is 13.2 Å². The summed E-state index contributed by atoms with van der Waals surface area (Å²) in [5.41, 5.74) is 2.12. The Balaban J connectivity index is 1.75. The molecular weight excluding hydrogens is 348 g/mol. The fraction of sp³-hybridized carbons (Fsp3) is 0.211. The molecular formula is C19H20N4O2S. The molecule has 0 spiro atoms. The molecule has 7 heteroatoms. The fourth-order valence-corrected chi connectivity index (χ4v) is 3.24. The number of carbonyl (C=O) groups is 1. The first-order valence-electron chi connectivity index (χ1n) is 8.33. The van der Waals surface area contributed by atoms with Gasteiger partial charge in [-0.05, 0) is 42.8 Å². The van der Waals surface area contributed by atoms with Crippen molar-refractivity contribution in [3.05, 3.63) is 59.1 Å². The molecule has 3 rings (SSSR count). The van der Waals surface area contributed by atoms with Crippen molar-refractivity contribution in [2.45, 2.75) is 19.8 Å². The van der Waals surface area contributed by atoms with Crippen LogP contribution >= 0.6 is 11.3 Å². The lowest BCUT2D eigenvalue weighted by Crippen LogP contribution is -2.13. The number of benzene rings is 2. The molecule has 3 aromatic rings. The van der Waals surface area contributed by atoms with Gasteiger partial charge in [0.1, 0.15) is 10.8 Å². The van der Waals surface area contributed by atoms with Gasteiger partial charge in [-0.25, -0.2) is 0 Å². The summed E-state index contributed by atoms with van der Waals surface area (Å²) in [7, 11) is 1.63. The van der Waals surface area contributed by atoms with E-state index < -0.39 is 0 Å². The third-order valence-electron chi connectivity index (χ3n) is 3.69. The Morgan fingerprint density at radius 2 is 1.88 bits per heavy atom. The molecule has 0 saturated heterocycles. The van der Waals surface area contributed by atoms with Crippen LogP contribution in [0.2, 0.25) is 0 Å². The van der Waals surface area contributed by atoms with Gasteiger partial charge in [0.25, 0.3) is 5.91 Å². The average Bonchev–Trinajstić information content (AvgIpc) is 3.10. The number of rotatable bonds is 7. The number of nitrogens with zero attached hydrogens (tertiary/aromatic N) is 2. The number of anilines is 3. The summed E-state index contributed by atoms with van der Waals surface area (Å²) in [6.07, 6.45) is 1.86. The molecule has 6 nitrogen and oxygen atoms in total. The maximum atomic E-state index is 12.7. The van der Waals surface area contributed by atoms with Crippen LogP contribution in [0, 0.1) is 0 Å². The Hall–Kier alpha value is -2.93. The zero-order valence-corrected chi connectivity index (χ0v) is 15.5. The predicted molar refractivity (Wildman–Crippen MR) is 105 cm³/mol. The third kappa shape index (κ3) is 4.37. The third-order valence-corrected chi connectivity index (χ3v) is 4.59. The second-order valence-corrected chi connectivity index (χ2v) is 6.67. The Labute approximate surface area is 156 Å². The van der Waals surface area contributed by atoms with Gasteiger partial charge >= 0.3 is 0 Å². The van der Waals surface area contributed by atoms with Crippen molar-refractivity contribution >= 4 is 33.8 Å². The summed E-state index contributed by atoms with van der Waals surface area (Å²) in [6.45, 7) is 2.08. The SMILES string of the molecule is CCCc1nnc(NC(=O)c2ccccc2Nc2ccc(OC)cc2)s1. The largest absolute Gasteiger partial charge is 0.497 e. The molecule has 0 unspecified atom stereocenters. The van der Waals surface area contributed by atoms with Crippen LogP contribution in [0.1, 0.15) is 28.7 Å². The van der Waals surface area contributed by atoms with Crippen LogP contribution in [0.3, 0.4) is 0 Å². The van der Waals surface area contributed by atoms with E-state index in [9.17, 15) is 4.79 Å². The number of ether oxygens (including phenoxy) is 1. The number of amides is 1. The first-order valence-corrected chi connectivity index (χ1v) is 9.15. The van der Waals surface area contributed by atoms with Gasteiger partial charge in [-0.3, -0.25) is 10.1 Å². The smallest absolute Gasteiger partial charge is 0.259 e. The van der Waals surface area contributed by atoms with E-state index in [0.717, 1.165) is 29.3 Å². The van der Waals surface area contributed by atoms with Crippen molar-refractivity contribution in [1.82, 2.24) is 10.2 Å². The summed E-state index contributed by atoms with van der Waals surface area (Å²) in [5.74, 6) is 0.557. The van der Waals surface area contributed by atoms with Gasteiger partial charge in [0.15, 0.2) is 0 Å². The molecule has 0 aliphatic rings. The summed E-state index contributed by atoms with van der Waals surface area (Å²) >= 11 is 1.41. The van der Waals surface area contributed by atoms with Crippen LogP contribution in [0.5, 0.6) is 5.75 Å². The minimum absolute atomic E-state index is 0.221. The van der Waals surface area contributed by atoms with E-state index in [1.165, 1.54) is 11.3 Å². The minimum atomic E-state index is -0.221. The van der Waals surface area contributed by atoms with Crippen molar-refractivity contribution in [3.63, 3.8) is 0 Å². The molecule has 1 aromatic heterocycles. The zero-order valence-electron chi connectivity index (χ0n) is 14.7. The van der Waals surface area contributed by atoms with E-state index in [1.807, 2.05) is 42.5 Å². The Bertz CT molecular complexity index is 877.